The van der Waals surface area contributed by atoms with E-state index in [9.17, 15) is 23.9 Å². The van der Waals surface area contributed by atoms with Crippen molar-refractivity contribution in [3.05, 3.63) is 71.7 Å². The molecule has 2 heterocycles. The number of ether oxygens (including phenoxy) is 1. The normalized spacial score (nSPS) is 15.1. The number of carbonyl (C=O) groups is 3. The molecule has 0 bridgehead atoms. The average Bonchev–Trinajstić information content (AvgIpc) is 2.89. The Kier molecular flexibility index (Phi) is 9.74. The fourth-order valence-corrected chi connectivity index (χ4v) is 4.55. The summed E-state index contributed by atoms with van der Waals surface area (Å²) in [5.74, 6) is -4.59. The smallest absolute Gasteiger partial charge is 0.336 e. The van der Waals surface area contributed by atoms with E-state index in [4.69, 9.17) is 30.1 Å². The van der Waals surface area contributed by atoms with E-state index in [-0.39, 0.29) is 5.82 Å². The van der Waals surface area contributed by atoms with E-state index in [1.807, 2.05) is 24.3 Å². The summed E-state index contributed by atoms with van der Waals surface area (Å²) in [5.41, 5.74) is -1.61. The maximum atomic E-state index is 14.1. The molecule has 4 rings (SSSR count). The van der Waals surface area contributed by atoms with E-state index in [0.29, 0.717) is 38.0 Å². The lowest BCUT2D eigenvalue weighted by molar-refractivity contribution is -0.170. The summed E-state index contributed by atoms with van der Waals surface area (Å²) in [6.45, 7) is 2.08. The van der Waals surface area contributed by atoms with E-state index in [1.165, 1.54) is 6.07 Å². The molecule has 12 heteroatoms. The van der Waals surface area contributed by atoms with Gasteiger partial charge in [0.2, 0.25) is 0 Å². The summed E-state index contributed by atoms with van der Waals surface area (Å²) in [7, 11) is 1.65. The van der Waals surface area contributed by atoms with E-state index >= 15 is 0 Å². The van der Waals surface area contributed by atoms with Crippen LogP contribution < -0.4 is 4.74 Å². The number of carboxylic acids is 3. The number of piperidine rings is 1. The van der Waals surface area contributed by atoms with E-state index < -0.39 is 42.0 Å². The zero-order chi connectivity index (χ0) is 29.5. The molecule has 2 aromatic carbocycles. The summed E-state index contributed by atoms with van der Waals surface area (Å²) < 4.78 is 19.5. The van der Waals surface area contributed by atoms with Gasteiger partial charge in [-0.05, 0) is 31.0 Å². The number of hydrogen-bond acceptors (Lipinski definition) is 8. The number of aliphatic hydroxyl groups is 2. The van der Waals surface area contributed by atoms with Crippen LogP contribution in [0.1, 0.15) is 36.9 Å². The van der Waals surface area contributed by atoms with E-state index in [1.54, 1.807) is 25.3 Å². The van der Waals surface area contributed by atoms with Gasteiger partial charge in [0.15, 0.2) is 5.60 Å². The molecule has 1 fully saturated rings. The highest BCUT2D eigenvalue weighted by molar-refractivity contribution is 5.88. The van der Waals surface area contributed by atoms with Gasteiger partial charge in [-0.3, -0.25) is 14.5 Å². The first-order valence-corrected chi connectivity index (χ1v) is 12.4. The molecule has 0 amide bonds. The zero-order valence-electron chi connectivity index (χ0n) is 21.8. The monoisotopic (exact) mass is 558 g/mol. The SMILES string of the molecule is COc1cccc2ccc(CN3CCC(O)(c4ccccc4F)CC3)nc12.O=C(O)CC(O)(CC(=O)O)C(=O)O. The summed E-state index contributed by atoms with van der Waals surface area (Å²) in [4.78, 5) is 37.5. The molecule has 40 heavy (non-hydrogen) atoms. The van der Waals surface area contributed by atoms with Crippen LogP contribution in [-0.2, 0) is 26.5 Å². The Morgan fingerprint density at radius 2 is 1.60 bits per heavy atom. The van der Waals surface area contributed by atoms with Gasteiger partial charge < -0.3 is 30.3 Å². The number of nitrogens with zero attached hydrogens (tertiary/aromatic N) is 2. The first kappa shape index (κ1) is 30.4. The third kappa shape index (κ3) is 7.50. The van der Waals surface area contributed by atoms with Crippen molar-refractivity contribution in [3.8, 4) is 5.75 Å². The van der Waals surface area contributed by atoms with Crippen molar-refractivity contribution in [3.63, 3.8) is 0 Å². The molecule has 0 radical (unpaired) electrons. The fourth-order valence-electron chi connectivity index (χ4n) is 4.55. The van der Waals surface area contributed by atoms with Gasteiger partial charge in [0.05, 0.1) is 31.2 Å². The van der Waals surface area contributed by atoms with E-state index in [0.717, 1.165) is 22.3 Å². The second-order valence-electron chi connectivity index (χ2n) is 9.60. The Labute approximate surface area is 229 Å². The number of para-hydroxylation sites is 1. The molecule has 11 nitrogen and oxygen atoms in total. The highest BCUT2D eigenvalue weighted by Gasteiger charge is 2.41. The van der Waals surface area contributed by atoms with Gasteiger partial charge in [0.25, 0.3) is 0 Å². The number of likely N-dealkylation sites (tertiary alicyclic amines) is 1. The van der Waals surface area contributed by atoms with Crippen molar-refractivity contribution in [2.24, 2.45) is 0 Å². The first-order chi connectivity index (χ1) is 18.9. The average molecular weight is 559 g/mol. The van der Waals surface area contributed by atoms with Crippen LogP contribution in [0.15, 0.2) is 54.6 Å². The lowest BCUT2D eigenvalue weighted by Crippen LogP contribution is -2.42. The molecule has 0 unspecified atom stereocenters. The minimum Gasteiger partial charge on any atom is -0.494 e. The van der Waals surface area contributed by atoms with Crippen LogP contribution in [0.25, 0.3) is 10.9 Å². The van der Waals surface area contributed by atoms with Gasteiger partial charge in [0.1, 0.15) is 17.1 Å². The fraction of sp³-hybridized carbons (Fsp3) is 0.357. The number of rotatable bonds is 9. The Hall–Kier alpha value is -4.13. The molecule has 0 spiro atoms. The van der Waals surface area contributed by atoms with Crippen molar-refractivity contribution in [1.29, 1.82) is 0 Å². The van der Waals surface area contributed by atoms with Crippen LogP contribution in [0.3, 0.4) is 0 Å². The van der Waals surface area contributed by atoms with Gasteiger partial charge in [-0.2, -0.15) is 0 Å². The molecule has 3 aromatic rings. The van der Waals surface area contributed by atoms with Gasteiger partial charge in [-0.15, -0.1) is 0 Å². The minimum absolute atomic E-state index is 0.336. The molecule has 1 saturated heterocycles. The highest BCUT2D eigenvalue weighted by atomic mass is 19.1. The predicted molar refractivity (Wildman–Crippen MR) is 140 cm³/mol. The van der Waals surface area contributed by atoms with Crippen LogP contribution in [-0.4, -0.2) is 79.1 Å². The Bertz CT molecular complexity index is 1360. The van der Waals surface area contributed by atoms with Gasteiger partial charge >= 0.3 is 17.9 Å². The Balaban J connectivity index is 0.000000289. The second kappa shape index (κ2) is 12.8. The van der Waals surface area contributed by atoms with Crippen LogP contribution >= 0.6 is 0 Å². The van der Waals surface area contributed by atoms with Crippen molar-refractivity contribution < 1.29 is 49.0 Å². The van der Waals surface area contributed by atoms with E-state index in [2.05, 4.69) is 11.0 Å². The van der Waals surface area contributed by atoms with Crippen LogP contribution in [0.5, 0.6) is 5.75 Å². The zero-order valence-corrected chi connectivity index (χ0v) is 21.8. The molecule has 1 aromatic heterocycles. The van der Waals surface area contributed by atoms with Gasteiger partial charge in [0, 0.05) is 30.6 Å². The maximum Gasteiger partial charge on any atom is 0.336 e. The molecule has 5 N–H and O–H groups in total. The van der Waals surface area contributed by atoms with Gasteiger partial charge in [-0.1, -0.05) is 36.4 Å². The number of halogens is 1. The number of benzene rings is 2. The number of aliphatic carboxylic acids is 3. The standard InChI is InChI=1S/C22H23FN2O2.C6H8O7/c1-27-20-8-4-5-16-9-10-17(24-21(16)20)15-25-13-11-22(26,12-14-25)18-6-2-3-7-19(18)23;7-3(8)1-6(13,5(11)12)2-4(9)10/h2-10,26H,11-15H2,1H3;13H,1-2H2,(H,7,8)(H,9,10)(H,11,12). The third-order valence-electron chi connectivity index (χ3n) is 6.69. The molecule has 1 aliphatic rings. The number of methoxy groups -OCH3 is 1. The topological polar surface area (TPSA) is 178 Å². The summed E-state index contributed by atoms with van der Waals surface area (Å²) >= 11 is 0. The van der Waals surface area contributed by atoms with Crippen molar-refractivity contribution in [2.45, 2.75) is 43.4 Å². The maximum absolute atomic E-state index is 14.1. The van der Waals surface area contributed by atoms with Gasteiger partial charge in [-0.25, -0.2) is 14.2 Å². The predicted octanol–water partition coefficient (Wildman–Crippen LogP) is 2.62. The molecule has 1 aliphatic heterocycles. The molecule has 0 atom stereocenters. The third-order valence-corrected chi connectivity index (χ3v) is 6.69. The largest absolute Gasteiger partial charge is 0.494 e. The second-order valence-corrected chi connectivity index (χ2v) is 9.60. The lowest BCUT2D eigenvalue weighted by Gasteiger charge is -2.38. The Morgan fingerprint density at radius 1 is 0.975 bits per heavy atom. The minimum atomic E-state index is -2.74. The number of pyridine rings is 1. The Morgan fingerprint density at radius 3 is 2.15 bits per heavy atom. The molecular formula is C28H31FN2O9. The molecular weight excluding hydrogens is 527 g/mol. The molecule has 214 valence electrons. The first-order valence-electron chi connectivity index (χ1n) is 12.4. The lowest BCUT2D eigenvalue weighted by atomic mass is 9.84. The summed E-state index contributed by atoms with van der Waals surface area (Å²) in [6, 6.07) is 16.5. The number of aromatic nitrogens is 1. The van der Waals surface area contributed by atoms with Crippen LogP contribution in [0.4, 0.5) is 4.39 Å². The summed E-state index contributed by atoms with van der Waals surface area (Å²) in [6.07, 6.45) is -1.28. The van der Waals surface area contributed by atoms with Crippen LogP contribution in [0, 0.1) is 5.82 Å². The summed E-state index contributed by atoms with van der Waals surface area (Å²) in [5, 5.41) is 45.8. The quantitative estimate of drug-likeness (QED) is 0.261. The number of hydrogen-bond donors (Lipinski definition) is 5. The molecule has 0 aliphatic carbocycles. The van der Waals surface area contributed by atoms with Crippen molar-refractivity contribution >= 4 is 28.8 Å². The van der Waals surface area contributed by atoms with Crippen molar-refractivity contribution in [1.82, 2.24) is 9.88 Å². The number of carboxylic acid groups (broad SMARTS) is 3. The molecule has 0 saturated carbocycles. The van der Waals surface area contributed by atoms with Crippen molar-refractivity contribution in [2.75, 3.05) is 20.2 Å². The highest BCUT2D eigenvalue weighted by Crippen LogP contribution is 2.34. The van der Waals surface area contributed by atoms with Crippen LogP contribution in [0.2, 0.25) is 0 Å². The number of fused-ring (bicyclic) bond motifs is 1.